The molecule has 168 valence electrons. The average molecular weight is 483 g/mol. The van der Waals surface area contributed by atoms with E-state index in [0.29, 0.717) is 21.8 Å². The molecule has 0 unspecified atom stereocenters. The van der Waals surface area contributed by atoms with Crippen LogP contribution in [0.15, 0.2) is 54.1 Å². The molecule has 1 N–H and O–H groups in total. The summed E-state index contributed by atoms with van der Waals surface area (Å²) in [5, 5.41) is 11.7. The third kappa shape index (κ3) is 4.03. The summed E-state index contributed by atoms with van der Waals surface area (Å²) in [5.41, 5.74) is 2.18. The van der Waals surface area contributed by atoms with Crippen LogP contribution in [0.25, 0.3) is 5.76 Å². The first kappa shape index (κ1) is 22.7. The summed E-state index contributed by atoms with van der Waals surface area (Å²) >= 11 is 7.14. The van der Waals surface area contributed by atoms with Crippen LogP contribution in [-0.2, 0) is 14.3 Å². The second-order valence-corrected chi connectivity index (χ2v) is 8.91. The van der Waals surface area contributed by atoms with E-state index in [1.807, 2.05) is 6.92 Å². The molecule has 0 spiro atoms. The molecule has 1 atom stereocenters. The molecule has 1 aliphatic heterocycles. The molecule has 9 heteroatoms. The smallest absolute Gasteiger partial charge is 0.350 e. The Bertz CT molecular complexity index is 1310. The highest BCUT2D eigenvalue weighted by molar-refractivity contribution is 7.17. The van der Waals surface area contributed by atoms with Crippen LogP contribution in [-0.4, -0.2) is 34.9 Å². The number of carbonyl (C=O) groups is 3. The summed E-state index contributed by atoms with van der Waals surface area (Å²) in [6.07, 6.45) is 0. The predicted molar refractivity (Wildman–Crippen MR) is 126 cm³/mol. The van der Waals surface area contributed by atoms with E-state index >= 15 is 0 Å². The fourth-order valence-corrected chi connectivity index (χ4v) is 4.87. The van der Waals surface area contributed by atoms with Crippen LogP contribution in [0.3, 0.4) is 0 Å². The maximum absolute atomic E-state index is 13.2. The van der Waals surface area contributed by atoms with E-state index < -0.39 is 23.7 Å². The van der Waals surface area contributed by atoms with Crippen molar-refractivity contribution >= 4 is 51.5 Å². The van der Waals surface area contributed by atoms with Crippen LogP contribution in [0.4, 0.5) is 5.13 Å². The Balaban J connectivity index is 1.94. The zero-order chi connectivity index (χ0) is 23.9. The van der Waals surface area contributed by atoms with Gasteiger partial charge >= 0.3 is 11.9 Å². The topological polar surface area (TPSA) is 96.8 Å². The van der Waals surface area contributed by atoms with E-state index in [1.54, 1.807) is 55.5 Å². The predicted octanol–water partition coefficient (Wildman–Crippen LogP) is 4.83. The standard InChI is InChI=1S/C24H19ClN2O5S/c1-12-7-9-14(10-8-12)19(28)17-18(15-5-4-6-16(25)11-15)27(22(30)20(17)29)24-26-13(2)21(33-24)23(31)32-3/h4-11,18,28H,1-3H3/b19-17+/t18-/m1/s1. The molecule has 1 fully saturated rings. The van der Waals surface area contributed by atoms with Gasteiger partial charge in [-0.3, -0.25) is 14.5 Å². The van der Waals surface area contributed by atoms with Gasteiger partial charge < -0.3 is 9.84 Å². The van der Waals surface area contributed by atoms with Gasteiger partial charge in [-0.1, -0.05) is 64.9 Å². The Morgan fingerprint density at radius 2 is 1.85 bits per heavy atom. The molecule has 2 aromatic carbocycles. The van der Waals surface area contributed by atoms with Gasteiger partial charge in [0.2, 0.25) is 0 Å². The van der Waals surface area contributed by atoms with Gasteiger partial charge in [-0.05, 0) is 31.5 Å². The third-order valence-corrected chi connectivity index (χ3v) is 6.67. The van der Waals surface area contributed by atoms with Gasteiger partial charge in [-0.15, -0.1) is 0 Å². The van der Waals surface area contributed by atoms with Crippen molar-refractivity contribution in [1.82, 2.24) is 4.98 Å². The van der Waals surface area contributed by atoms with Gasteiger partial charge in [0.1, 0.15) is 10.6 Å². The molecule has 3 aromatic rings. The molecule has 0 bridgehead atoms. The molecule has 1 aromatic heterocycles. The molecule has 0 radical (unpaired) electrons. The molecule has 0 aliphatic carbocycles. The van der Waals surface area contributed by atoms with Crippen LogP contribution in [0.5, 0.6) is 0 Å². The van der Waals surface area contributed by atoms with Crippen LogP contribution in [0.2, 0.25) is 5.02 Å². The highest BCUT2D eigenvalue weighted by atomic mass is 35.5. The number of hydrogen-bond donors (Lipinski definition) is 1. The third-order valence-electron chi connectivity index (χ3n) is 5.30. The molecule has 7 nitrogen and oxygen atoms in total. The van der Waals surface area contributed by atoms with Crippen LogP contribution in [0.1, 0.15) is 38.1 Å². The average Bonchev–Trinajstić information content (AvgIpc) is 3.30. The first-order valence-electron chi connectivity index (χ1n) is 9.92. The first-order valence-corrected chi connectivity index (χ1v) is 11.1. The minimum Gasteiger partial charge on any atom is -0.507 e. The number of carbonyl (C=O) groups excluding carboxylic acids is 3. The maximum atomic E-state index is 13.2. The Kier molecular flexibility index (Phi) is 6.05. The molecule has 1 saturated heterocycles. The molecule has 33 heavy (non-hydrogen) atoms. The summed E-state index contributed by atoms with van der Waals surface area (Å²) in [7, 11) is 1.25. The van der Waals surface area contributed by atoms with E-state index in [-0.39, 0.29) is 21.3 Å². The number of aliphatic hydroxyl groups excluding tert-OH is 1. The molecule has 1 amide bonds. The van der Waals surface area contributed by atoms with Crippen molar-refractivity contribution in [2.45, 2.75) is 19.9 Å². The number of benzene rings is 2. The Labute approximate surface area is 198 Å². The number of halogens is 1. The van der Waals surface area contributed by atoms with Gasteiger partial charge in [0.05, 0.1) is 24.4 Å². The summed E-state index contributed by atoms with van der Waals surface area (Å²) < 4.78 is 4.79. The number of nitrogens with zero attached hydrogens (tertiary/aromatic N) is 2. The fourth-order valence-electron chi connectivity index (χ4n) is 3.66. The van der Waals surface area contributed by atoms with Crippen molar-refractivity contribution in [3.63, 3.8) is 0 Å². The number of anilines is 1. The van der Waals surface area contributed by atoms with Gasteiger partial charge in [0.25, 0.3) is 5.78 Å². The highest BCUT2D eigenvalue weighted by Gasteiger charge is 2.48. The number of rotatable bonds is 4. The SMILES string of the molecule is COC(=O)c1sc(N2C(=O)C(=O)/C(=C(/O)c3ccc(C)cc3)[C@H]2c2cccc(Cl)c2)nc1C. The normalized spacial score (nSPS) is 17.5. The zero-order valence-corrected chi connectivity index (χ0v) is 19.5. The lowest BCUT2D eigenvalue weighted by molar-refractivity contribution is -0.132. The molecule has 2 heterocycles. The van der Waals surface area contributed by atoms with Crippen molar-refractivity contribution in [2.24, 2.45) is 0 Å². The number of aliphatic hydroxyl groups is 1. The van der Waals surface area contributed by atoms with E-state index in [1.165, 1.54) is 12.0 Å². The van der Waals surface area contributed by atoms with Crippen LogP contribution in [0, 0.1) is 13.8 Å². The second kappa shape index (κ2) is 8.80. The fraction of sp³-hybridized carbons (Fsp3) is 0.167. The van der Waals surface area contributed by atoms with Gasteiger partial charge in [-0.25, -0.2) is 9.78 Å². The van der Waals surface area contributed by atoms with E-state index in [2.05, 4.69) is 4.98 Å². The minimum absolute atomic E-state index is 0.0846. The minimum atomic E-state index is -0.985. The highest BCUT2D eigenvalue weighted by Crippen LogP contribution is 2.44. The van der Waals surface area contributed by atoms with Crippen molar-refractivity contribution in [2.75, 3.05) is 12.0 Å². The molecular formula is C24H19ClN2O5S. The lowest BCUT2D eigenvalue weighted by Crippen LogP contribution is -2.29. The number of ketones is 1. The second-order valence-electron chi connectivity index (χ2n) is 7.49. The number of esters is 1. The number of Topliss-reactive ketones (excluding diaryl/α,β-unsaturated/α-hetero) is 1. The number of hydrogen-bond acceptors (Lipinski definition) is 7. The van der Waals surface area contributed by atoms with E-state index in [0.717, 1.165) is 16.9 Å². The number of methoxy groups -OCH3 is 1. The summed E-state index contributed by atoms with van der Waals surface area (Å²) in [6.45, 7) is 3.52. The lowest BCUT2D eigenvalue weighted by Gasteiger charge is -2.23. The van der Waals surface area contributed by atoms with Crippen molar-refractivity contribution in [3.8, 4) is 0 Å². The number of aromatic nitrogens is 1. The van der Waals surface area contributed by atoms with Gasteiger partial charge in [0.15, 0.2) is 5.13 Å². The Morgan fingerprint density at radius 1 is 1.15 bits per heavy atom. The Hall–Kier alpha value is -3.49. The largest absolute Gasteiger partial charge is 0.507 e. The Morgan fingerprint density at radius 3 is 2.48 bits per heavy atom. The quantitative estimate of drug-likeness (QED) is 0.248. The van der Waals surface area contributed by atoms with Crippen LogP contribution < -0.4 is 4.90 Å². The first-order chi connectivity index (χ1) is 15.7. The summed E-state index contributed by atoms with van der Waals surface area (Å²) in [4.78, 5) is 44.2. The van der Waals surface area contributed by atoms with Crippen molar-refractivity contribution < 1.29 is 24.2 Å². The van der Waals surface area contributed by atoms with Crippen molar-refractivity contribution in [3.05, 3.63) is 86.4 Å². The maximum Gasteiger partial charge on any atom is 0.350 e. The molecule has 4 rings (SSSR count). The van der Waals surface area contributed by atoms with Gasteiger partial charge in [0, 0.05) is 10.6 Å². The van der Waals surface area contributed by atoms with Crippen molar-refractivity contribution in [1.29, 1.82) is 0 Å². The number of aryl methyl sites for hydroxylation is 2. The van der Waals surface area contributed by atoms with E-state index in [9.17, 15) is 19.5 Å². The summed E-state index contributed by atoms with van der Waals surface area (Å²) in [6, 6.07) is 12.6. The monoisotopic (exact) mass is 482 g/mol. The number of thiazole rings is 1. The lowest BCUT2D eigenvalue weighted by atomic mass is 9.95. The molecular weight excluding hydrogens is 464 g/mol. The van der Waals surface area contributed by atoms with E-state index in [4.69, 9.17) is 16.3 Å². The number of amides is 1. The summed E-state index contributed by atoms with van der Waals surface area (Å²) in [5.74, 6) is -2.61. The molecule has 0 saturated carbocycles. The molecule has 1 aliphatic rings. The number of ether oxygens (including phenoxy) is 1. The zero-order valence-electron chi connectivity index (χ0n) is 18.0. The van der Waals surface area contributed by atoms with Crippen LogP contribution >= 0.6 is 22.9 Å². The van der Waals surface area contributed by atoms with Gasteiger partial charge in [-0.2, -0.15) is 0 Å².